The molecule has 1 aromatic heterocycles. The molecule has 1 atom stereocenters. The van der Waals surface area contributed by atoms with Crippen LogP contribution in [-0.4, -0.2) is 47.9 Å². The molecule has 2 aliphatic heterocycles. The zero-order valence-corrected chi connectivity index (χ0v) is 14.2. The number of nitrogens with zero attached hydrogens (tertiary/aromatic N) is 2. The van der Waals surface area contributed by atoms with Crippen molar-refractivity contribution in [1.29, 1.82) is 0 Å². The maximum absolute atomic E-state index is 12.5. The first kappa shape index (κ1) is 16.0. The predicted octanol–water partition coefficient (Wildman–Crippen LogP) is 2.59. The summed E-state index contributed by atoms with van der Waals surface area (Å²) in [5, 5.41) is 3.99. The fourth-order valence-electron chi connectivity index (χ4n) is 3.76. The third-order valence-electron chi connectivity index (χ3n) is 5.20. The molecule has 4 rings (SSSR count). The Labute approximate surface area is 146 Å². The molecule has 1 unspecified atom stereocenters. The number of rotatable bonds is 3. The molecule has 6 heteroatoms. The van der Waals surface area contributed by atoms with Crippen molar-refractivity contribution in [2.45, 2.75) is 25.8 Å². The van der Waals surface area contributed by atoms with E-state index in [1.807, 2.05) is 29.2 Å². The van der Waals surface area contributed by atoms with Crippen molar-refractivity contribution in [3.8, 4) is 0 Å². The number of urea groups is 1. The molecule has 3 amide bonds. The van der Waals surface area contributed by atoms with Gasteiger partial charge in [0.15, 0.2) is 0 Å². The van der Waals surface area contributed by atoms with Crippen LogP contribution in [0.2, 0.25) is 0 Å². The predicted molar refractivity (Wildman–Crippen MR) is 93.9 cm³/mol. The first-order chi connectivity index (χ1) is 12.2. The average molecular weight is 341 g/mol. The Morgan fingerprint density at radius 1 is 1.12 bits per heavy atom. The SMILES string of the molecule is O=C(NCc1ccc2occc2c1)N1CCC(C(=O)N2CCCC2)C1. The fourth-order valence-corrected chi connectivity index (χ4v) is 3.76. The molecular formula is C19H23N3O3. The van der Waals surface area contributed by atoms with E-state index in [4.69, 9.17) is 4.42 Å². The van der Waals surface area contributed by atoms with Crippen LogP contribution in [-0.2, 0) is 11.3 Å². The van der Waals surface area contributed by atoms with Gasteiger partial charge in [0, 0.05) is 38.1 Å². The van der Waals surface area contributed by atoms with Gasteiger partial charge in [-0.3, -0.25) is 4.79 Å². The van der Waals surface area contributed by atoms with Crippen LogP contribution in [0.25, 0.3) is 11.0 Å². The third-order valence-corrected chi connectivity index (χ3v) is 5.20. The van der Waals surface area contributed by atoms with E-state index >= 15 is 0 Å². The Morgan fingerprint density at radius 3 is 2.80 bits per heavy atom. The Morgan fingerprint density at radius 2 is 1.96 bits per heavy atom. The lowest BCUT2D eigenvalue weighted by molar-refractivity contribution is -0.133. The summed E-state index contributed by atoms with van der Waals surface area (Å²) in [6, 6.07) is 7.70. The summed E-state index contributed by atoms with van der Waals surface area (Å²) in [5.74, 6) is 0.185. The van der Waals surface area contributed by atoms with Gasteiger partial charge in [-0.25, -0.2) is 4.79 Å². The van der Waals surface area contributed by atoms with Crippen LogP contribution in [0.4, 0.5) is 4.79 Å². The molecule has 1 N–H and O–H groups in total. The molecule has 6 nitrogen and oxygen atoms in total. The number of furan rings is 1. The van der Waals surface area contributed by atoms with Gasteiger partial charge in [-0.05, 0) is 43.0 Å². The van der Waals surface area contributed by atoms with E-state index in [0.29, 0.717) is 19.6 Å². The first-order valence-electron chi connectivity index (χ1n) is 8.98. The number of fused-ring (bicyclic) bond motifs is 1. The molecule has 0 bridgehead atoms. The van der Waals surface area contributed by atoms with E-state index < -0.39 is 0 Å². The second kappa shape index (κ2) is 6.78. The highest BCUT2D eigenvalue weighted by molar-refractivity contribution is 5.82. The first-order valence-corrected chi connectivity index (χ1v) is 8.98. The van der Waals surface area contributed by atoms with E-state index in [2.05, 4.69) is 5.32 Å². The van der Waals surface area contributed by atoms with Crippen LogP contribution >= 0.6 is 0 Å². The van der Waals surface area contributed by atoms with E-state index in [9.17, 15) is 9.59 Å². The molecule has 2 fully saturated rings. The van der Waals surface area contributed by atoms with Gasteiger partial charge in [-0.2, -0.15) is 0 Å². The number of amides is 3. The van der Waals surface area contributed by atoms with Gasteiger partial charge in [0.1, 0.15) is 5.58 Å². The number of nitrogens with one attached hydrogen (secondary N) is 1. The molecule has 0 radical (unpaired) electrons. The average Bonchev–Trinajstić information content (AvgIpc) is 3.39. The van der Waals surface area contributed by atoms with E-state index in [1.54, 1.807) is 11.2 Å². The third kappa shape index (κ3) is 3.34. The minimum absolute atomic E-state index is 0.0360. The summed E-state index contributed by atoms with van der Waals surface area (Å²) >= 11 is 0. The highest BCUT2D eigenvalue weighted by Gasteiger charge is 2.34. The Balaban J connectivity index is 1.30. The molecular weight excluding hydrogens is 318 g/mol. The van der Waals surface area contributed by atoms with Gasteiger partial charge in [0.25, 0.3) is 0 Å². The van der Waals surface area contributed by atoms with Crippen molar-refractivity contribution in [3.63, 3.8) is 0 Å². The van der Waals surface area contributed by atoms with Crippen LogP contribution < -0.4 is 5.32 Å². The zero-order valence-electron chi connectivity index (χ0n) is 14.2. The summed E-state index contributed by atoms with van der Waals surface area (Å²) in [5.41, 5.74) is 1.88. The van der Waals surface area contributed by atoms with Gasteiger partial charge in [0.2, 0.25) is 5.91 Å². The monoisotopic (exact) mass is 341 g/mol. The van der Waals surface area contributed by atoms with Gasteiger partial charge in [-0.1, -0.05) is 6.07 Å². The number of likely N-dealkylation sites (tertiary alicyclic amines) is 2. The van der Waals surface area contributed by atoms with Gasteiger partial charge >= 0.3 is 6.03 Å². The number of hydrogen-bond acceptors (Lipinski definition) is 3. The Bertz CT molecular complexity index is 779. The molecule has 1 aromatic carbocycles. The molecule has 2 saturated heterocycles. The second-order valence-corrected chi connectivity index (χ2v) is 6.92. The second-order valence-electron chi connectivity index (χ2n) is 6.92. The van der Waals surface area contributed by atoms with Crippen LogP contribution in [0.3, 0.4) is 0 Å². The normalized spacial score (nSPS) is 20.4. The highest BCUT2D eigenvalue weighted by atomic mass is 16.3. The summed E-state index contributed by atoms with van der Waals surface area (Å²) in [7, 11) is 0. The molecule has 132 valence electrons. The molecule has 2 aromatic rings. The summed E-state index contributed by atoms with van der Waals surface area (Å²) in [4.78, 5) is 28.6. The molecule has 0 spiro atoms. The number of carbonyl (C=O) groups excluding carboxylic acids is 2. The lowest BCUT2D eigenvalue weighted by atomic mass is 10.1. The van der Waals surface area contributed by atoms with Crippen LogP contribution in [0.15, 0.2) is 34.9 Å². The maximum Gasteiger partial charge on any atom is 0.317 e. The Kier molecular flexibility index (Phi) is 4.34. The minimum Gasteiger partial charge on any atom is -0.464 e. The van der Waals surface area contributed by atoms with Gasteiger partial charge < -0.3 is 19.5 Å². The summed E-state index contributed by atoms with van der Waals surface area (Å²) in [6.45, 7) is 3.40. The summed E-state index contributed by atoms with van der Waals surface area (Å²) in [6.07, 6.45) is 4.63. The molecule has 0 saturated carbocycles. The van der Waals surface area contributed by atoms with E-state index in [0.717, 1.165) is 48.9 Å². The van der Waals surface area contributed by atoms with Gasteiger partial charge in [-0.15, -0.1) is 0 Å². The van der Waals surface area contributed by atoms with Crippen molar-refractivity contribution in [3.05, 3.63) is 36.1 Å². The molecule has 2 aliphatic rings. The lowest BCUT2D eigenvalue weighted by Crippen LogP contribution is -2.40. The lowest BCUT2D eigenvalue weighted by Gasteiger charge is -2.21. The van der Waals surface area contributed by atoms with Crippen LogP contribution in [0.1, 0.15) is 24.8 Å². The number of hydrogen-bond donors (Lipinski definition) is 1. The maximum atomic E-state index is 12.5. The summed E-state index contributed by atoms with van der Waals surface area (Å²) < 4.78 is 5.32. The van der Waals surface area contributed by atoms with Crippen molar-refractivity contribution < 1.29 is 14.0 Å². The van der Waals surface area contributed by atoms with Crippen LogP contribution in [0, 0.1) is 5.92 Å². The number of carbonyl (C=O) groups is 2. The van der Waals surface area contributed by atoms with Crippen LogP contribution in [0.5, 0.6) is 0 Å². The van der Waals surface area contributed by atoms with Crippen molar-refractivity contribution in [2.24, 2.45) is 5.92 Å². The largest absolute Gasteiger partial charge is 0.464 e. The Hall–Kier alpha value is -2.50. The number of benzene rings is 1. The zero-order chi connectivity index (χ0) is 17.2. The fraction of sp³-hybridized carbons (Fsp3) is 0.474. The smallest absolute Gasteiger partial charge is 0.317 e. The van der Waals surface area contributed by atoms with Crippen molar-refractivity contribution in [2.75, 3.05) is 26.2 Å². The molecule has 0 aliphatic carbocycles. The van der Waals surface area contributed by atoms with Crippen molar-refractivity contribution >= 4 is 22.9 Å². The minimum atomic E-state index is -0.0935. The standard InChI is InChI=1S/C19H23N3O3/c23-18(21-7-1-2-8-21)16-5-9-22(13-16)19(24)20-12-14-3-4-17-15(11-14)6-10-25-17/h3-4,6,10-11,16H,1-2,5,7-9,12-13H2,(H,20,24). The van der Waals surface area contributed by atoms with Gasteiger partial charge in [0.05, 0.1) is 12.2 Å². The quantitative estimate of drug-likeness (QED) is 0.933. The van der Waals surface area contributed by atoms with E-state index in [1.165, 1.54) is 0 Å². The highest BCUT2D eigenvalue weighted by Crippen LogP contribution is 2.21. The van der Waals surface area contributed by atoms with Crippen molar-refractivity contribution in [1.82, 2.24) is 15.1 Å². The molecule has 25 heavy (non-hydrogen) atoms. The molecule has 3 heterocycles. The topological polar surface area (TPSA) is 65.8 Å². The van der Waals surface area contributed by atoms with E-state index in [-0.39, 0.29) is 17.9 Å².